The van der Waals surface area contributed by atoms with Crippen LogP contribution in [0.1, 0.15) is 44.1 Å². The highest BCUT2D eigenvalue weighted by molar-refractivity contribution is 7.98. The highest BCUT2D eigenvalue weighted by Crippen LogP contribution is 2.35. The van der Waals surface area contributed by atoms with Gasteiger partial charge >= 0.3 is 6.09 Å². The van der Waals surface area contributed by atoms with E-state index in [1.807, 2.05) is 30.3 Å². The van der Waals surface area contributed by atoms with Crippen molar-refractivity contribution in [2.75, 3.05) is 19.7 Å². The molecule has 1 heterocycles. The van der Waals surface area contributed by atoms with E-state index in [0.29, 0.717) is 53.4 Å². The Morgan fingerprint density at radius 1 is 0.951 bits per heavy atom. The van der Waals surface area contributed by atoms with Crippen molar-refractivity contribution in [2.45, 2.75) is 49.9 Å². The van der Waals surface area contributed by atoms with Gasteiger partial charge in [0, 0.05) is 36.2 Å². The quantitative estimate of drug-likeness (QED) is 0.119. The summed E-state index contributed by atoms with van der Waals surface area (Å²) in [5.74, 6) is 0.837. The fraction of sp³-hybridized carbons (Fsp3) is 0.323. The van der Waals surface area contributed by atoms with Crippen molar-refractivity contribution in [1.82, 2.24) is 15.6 Å². The number of hydrogen-bond acceptors (Lipinski definition) is 6. The monoisotopic (exact) mass is 615 g/mol. The molecule has 0 aliphatic rings. The van der Waals surface area contributed by atoms with Gasteiger partial charge in [-0.3, -0.25) is 4.79 Å². The number of alkyl carbamates (subject to hydrolysis) is 1. The first kappa shape index (κ1) is 32.3. The minimum Gasteiger partial charge on any atom is -0.491 e. The van der Waals surface area contributed by atoms with Crippen LogP contribution in [-0.4, -0.2) is 42.3 Å². The number of aromatic nitrogens is 1. The van der Waals surface area contributed by atoms with Gasteiger partial charge in [0.15, 0.2) is 0 Å². The number of carbonyl (C=O) groups is 2. The normalized spacial score (nSPS) is 11.3. The van der Waals surface area contributed by atoms with Crippen LogP contribution in [0.4, 0.5) is 4.79 Å². The molecular weight excluding hydrogens is 581 g/mol. The zero-order valence-corrected chi connectivity index (χ0v) is 25.7. The summed E-state index contributed by atoms with van der Waals surface area (Å²) in [5, 5.41) is 6.65. The molecule has 0 fully saturated rings. The number of thioether (sulfide) groups is 1. The average Bonchev–Trinajstić information content (AvgIpc) is 2.92. The molecule has 2 amide bonds. The highest BCUT2D eigenvalue weighted by atomic mass is 35.5. The molecule has 0 unspecified atom stereocenters. The summed E-state index contributed by atoms with van der Waals surface area (Å²) < 4.78 is 11.3. The fourth-order valence-electron chi connectivity index (χ4n) is 3.53. The number of nitrogens with one attached hydrogen (secondary N) is 2. The summed E-state index contributed by atoms with van der Waals surface area (Å²) in [5.41, 5.74) is 1.94. The average molecular weight is 617 g/mol. The van der Waals surface area contributed by atoms with Gasteiger partial charge in [0.25, 0.3) is 0 Å². The molecule has 3 rings (SSSR count). The molecule has 0 atom stereocenters. The second-order valence-corrected chi connectivity index (χ2v) is 11.8. The summed E-state index contributed by atoms with van der Waals surface area (Å²) in [6.07, 6.45) is 3.88. The number of nitrogens with zero attached hydrogens (tertiary/aromatic N) is 1. The Morgan fingerprint density at radius 2 is 1.66 bits per heavy atom. The second-order valence-electron chi connectivity index (χ2n) is 10.0. The molecule has 218 valence electrons. The van der Waals surface area contributed by atoms with Crippen LogP contribution in [0.3, 0.4) is 0 Å². The lowest BCUT2D eigenvalue weighted by molar-refractivity contribution is -0.116. The van der Waals surface area contributed by atoms with Crippen LogP contribution in [0.5, 0.6) is 5.75 Å². The highest BCUT2D eigenvalue weighted by Gasteiger charge is 2.15. The summed E-state index contributed by atoms with van der Waals surface area (Å²) in [7, 11) is 0. The molecule has 2 aromatic carbocycles. The van der Waals surface area contributed by atoms with Crippen LogP contribution in [0, 0.1) is 0 Å². The Bertz CT molecular complexity index is 1310. The number of benzene rings is 2. The molecule has 0 saturated carbocycles. The molecule has 0 saturated heterocycles. The maximum Gasteiger partial charge on any atom is 0.407 e. The van der Waals surface area contributed by atoms with Crippen molar-refractivity contribution in [1.29, 1.82) is 0 Å². The van der Waals surface area contributed by atoms with E-state index in [1.165, 1.54) is 23.4 Å². The van der Waals surface area contributed by atoms with Crippen LogP contribution in [0.2, 0.25) is 10.0 Å². The number of hydrogen-bond donors (Lipinski definition) is 2. The smallest absolute Gasteiger partial charge is 0.407 e. The second kappa shape index (κ2) is 16.3. The Balaban J connectivity index is 1.60. The first-order chi connectivity index (χ1) is 19.6. The minimum atomic E-state index is -0.557. The third-order valence-corrected chi connectivity index (χ3v) is 7.45. The van der Waals surface area contributed by atoms with Crippen molar-refractivity contribution in [3.63, 3.8) is 0 Å². The molecule has 0 bridgehead atoms. The Hall–Kier alpha value is -3.20. The summed E-state index contributed by atoms with van der Waals surface area (Å²) in [6.45, 7) is 6.65. The van der Waals surface area contributed by atoms with E-state index in [0.717, 1.165) is 17.0 Å². The van der Waals surface area contributed by atoms with Crippen LogP contribution >= 0.6 is 35.0 Å². The van der Waals surface area contributed by atoms with Crippen molar-refractivity contribution < 1.29 is 19.1 Å². The van der Waals surface area contributed by atoms with E-state index in [4.69, 9.17) is 37.7 Å². The maximum absolute atomic E-state index is 12.5. The van der Waals surface area contributed by atoms with E-state index in [9.17, 15) is 9.59 Å². The zero-order chi connectivity index (χ0) is 29.7. The van der Waals surface area contributed by atoms with Gasteiger partial charge in [0.2, 0.25) is 5.91 Å². The number of amides is 2. The summed E-state index contributed by atoms with van der Waals surface area (Å²) in [4.78, 5) is 29.7. The lowest BCUT2D eigenvalue weighted by Crippen LogP contribution is -2.34. The van der Waals surface area contributed by atoms with Gasteiger partial charge in [-0.2, -0.15) is 0 Å². The number of ether oxygens (including phenoxy) is 2. The lowest BCUT2D eigenvalue weighted by atomic mass is 10.2. The molecular formula is C31H35Cl2N3O4S. The predicted octanol–water partition coefficient (Wildman–Crippen LogP) is 7.35. The largest absolute Gasteiger partial charge is 0.491 e. The fourth-order valence-corrected chi connectivity index (χ4v) is 5.12. The summed E-state index contributed by atoms with van der Waals surface area (Å²) >= 11 is 14.1. The molecule has 2 N–H and O–H groups in total. The van der Waals surface area contributed by atoms with Crippen molar-refractivity contribution in [3.8, 4) is 5.75 Å². The van der Waals surface area contributed by atoms with Gasteiger partial charge in [-0.05, 0) is 63.1 Å². The van der Waals surface area contributed by atoms with Gasteiger partial charge < -0.3 is 20.1 Å². The maximum atomic E-state index is 12.5. The Kier molecular flexibility index (Phi) is 12.8. The van der Waals surface area contributed by atoms with Crippen LogP contribution in [0.25, 0.3) is 6.08 Å². The topological polar surface area (TPSA) is 89.6 Å². The number of halogens is 2. The standard InChI is InChI=1S/C31H35Cl2N3O4S/c1-31(2,3)40-30(38)35-19-8-18-34-28(37)16-14-26-27(39-20-17-22-9-5-4-6-10-22)15-13-23(36-26)21-41-29-24(32)11-7-12-25(29)33/h4-7,9-16H,8,17-21H2,1-3H3,(H,34,37)(H,35,38). The number of rotatable bonds is 13. The van der Waals surface area contributed by atoms with Gasteiger partial charge in [-0.1, -0.05) is 59.6 Å². The lowest BCUT2D eigenvalue weighted by Gasteiger charge is -2.19. The van der Waals surface area contributed by atoms with Crippen molar-refractivity contribution in [3.05, 3.63) is 93.7 Å². The molecule has 0 spiro atoms. The molecule has 41 heavy (non-hydrogen) atoms. The molecule has 3 aromatic rings. The third-order valence-electron chi connectivity index (χ3n) is 5.43. The predicted molar refractivity (Wildman–Crippen MR) is 167 cm³/mol. The SMILES string of the molecule is CC(C)(C)OC(=O)NCCCNC(=O)C=Cc1nc(CSc2c(Cl)cccc2Cl)ccc1OCCc1ccccc1. The minimum absolute atomic E-state index is 0.276. The van der Waals surface area contributed by atoms with Crippen LogP contribution in [-0.2, 0) is 21.7 Å². The molecule has 0 radical (unpaired) electrons. The van der Waals surface area contributed by atoms with Crippen LogP contribution < -0.4 is 15.4 Å². The van der Waals surface area contributed by atoms with Crippen molar-refractivity contribution in [2.24, 2.45) is 0 Å². The first-order valence-corrected chi connectivity index (χ1v) is 15.0. The molecule has 1 aromatic heterocycles. The number of carbonyl (C=O) groups excluding carboxylic acids is 2. The summed E-state index contributed by atoms with van der Waals surface area (Å²) in [6, 6.07) is 19.2. The molecule has 10 heteroatoms. The van der Waals surface area contributed by atoms with Crippen LogP contribution in [0.15, 0.2) is 71.6 Å². The Labute approximate surface area is 256 Å². The van der Waals surface area contributed by atoms with Gasteiger partial charge in [0.05, 0.1) is 22.3 Å². The Morgan fingerprint density at radius 3 is 2.37 bits per heavy atom. The van der Waals surface area contributed by atoms with Crippen molar-refractivity contribution >= 4 is 53.0 Å². The van der Waals surface area contributed by atoms with E-state index in [1.54, 1.807) is 45.0 Å². The van der Waals surface area contributed by atoms with Gasteiger partial charge in [-0.25, -0.2) is 9.78 Å². The third kappa shape index (κ3) is 12.1. The van der Waals surface area contributed by atoms with Gasteiger partial charge in [0.1, 0.15) is 17.0 Å². The first-order valence-electron chi connectivity index (χ1n) is 13.3. The molecule has 0 aliphatic carbocycles. The van der Waals surface area contributed by atoms with E-state index in [2.05, 4.69) is 22.8 Å². The molecule has 7 nitrogen and oxygen atoms in total. The van der Waals surface area contributed by atoms with E-state index in [-0.39, 0.29) is 5.91 Å². The van der Waals surface area contributed by atoms with E-state index < -0.39 is 11.7 Å². The van der Waals surface area contributed by atoms with Gasteiger partial charge in [-0.15, -0.1) is 11.8 Å². The number of pyridine rings is 1. The van der Waals surface area contributed by atoms with E-state index >= 15 is 0 Å². The zero-order valence-electron chi connectivity index (χ0n) is 23.4. The molecule has 0 aliphatic heterocycles.